The van der Waals surface area contributed by atoms with Crippen molar-refractivity contribution >= 4 is 0 Å². The van der Waals surface area contributed by atoms with Crippen molar-refractivity contribution in [3.8, 4) is 0 Å². The van der Waals surface area contributed by atoms with Crippen LogP contribution in [-0.4, -0.2) is 29.0 Å². The quantitative estimate of drug-likeness (QED) is 0.619. The predicted molar refractivity (Wildman–Crippen MR) is 39.0 cm³/mol. The molecule has 0 fully saturated rings. The summed E-state index contributed by atoms with van der Waals surface area (Å²) in [4.78, 5) is 3.88. The lowest BCUT2D eigenvalue weighted by molar-refractivity contribution is 0.174. The van der Waals surface area contributed by atoms with E-state index in [4.69, 9.17) is 20.1 Å². The van der Waals surface area contributed by atoms with Gasteiger partial charge in [-0.1, -0.05) is 5.16 Å². The smallest absolute Gasteiger partial charge is 0.246 e. The Morgan fingerprint density at radius 2 is 2.50 bits per heavy atom. The minimum Gasteiger partial charge on any atom is -0.394 e. The highest BCUT2D eigenvalue weighted by Gasteiger charge is 2.12. The summed E-state index contributed by atoms with van der Waals surface area (Å²) >= 11 is 0. The summed E-state index contributed by atoms with van der Waals surface area (Å²) in [6.07, 6.45) is 0. The molecule has 0 aliphatic carbocycles. The third-order valence-electron chi connectivity index (χ3n) is 1.27. The average Bonchev–Trinajstić information content (AvgIpc) is 2.52. The second kappa shape index (κ2) is 4.15. The molecule has 0 spiro atoms. The highest BCUT2D eigenvalue weighted by molar-refractivity contribution is 4.90. The molecular weight excluding hydrogens is 162 g/mol. The lowest BCUT2D eigenvalue weighted by atomic mass is 10.3. The molecule has 1 heterocycles. The van der Waals surface area contributed by atoms with Crippen molar-refractivity contribution in [2.75, 3.05) is 13.7 Å². The number of aromatic nitrogens is 2. The van der Waals surface area contributed by atoms with E-state index >= 15 is 0 Å². The summed E-state index contributed by atoms with van der Waals surface area (Å²) in [6.45, 7) is 0.0657. The summed E-state index contributed by atoms with van der Waals surface area (Å²) in [6, 6.07) is -0.608. The fourth-order valence-electron chi connectivity index (χ4n) is 0.684. The number of hydrogen-bond acceptors (Lipinski definition) is 6. The van der Waals surface area contributed by atoms with Gasteiger partial charge in [-0.25, -0.2) is 0 Å². The first kappa shape index (κ1) is 9.11. The first-order chi connectivity index (χ1) is 5.77. The zero-order valence-electron chi connectivity index (χ0n) is 6.73. The molecule has 1 rings (SSSR count). The van der Waals surface area contributed by atoms with E-state index in [2.05, 4.69) is 10.1 Å². The van der Waals surface area contributed by atoms with Crippen molar-refractivity contribution in [3.05, 3.63) is 11.7 Å². The molecule has 1 aromatic rings. The van der Waals surface area contributed by atoms with E-state index in [0.717, 1.165) is 0 Å². The van der Waals surface area contributed by atoms with Crippen molar-refractivity contribution in [1.29, 1.82) is 0 Å². The number of ether oxygens (including phenoxy) is 1. The molecule has 0 aromatic carbocycles. The number of methoxy groups -OCH3 is 1. The lowest BCUT2D eigenvalue weighted by Gasteiger charge is -1.98. The molecule has 1 aromatic heterocycles. The summed E-state index contributed by atoms with van der Waals surface area (Å²) in [5.41, 5.74) is 5.42. The van der Waals surface area contributed by atoms with Crippen molar-refractivity contribution in [2.24, 2.45) is 5.73 Å². The van der Waals surface area contributed by atoms with E-state index in [1.54, 1.807) is 0 Å². The van der Waals surface area contributed by atoms with Crippen LogP contribution in [0.3, 0.4) is 0 Å². The molecule has 0 amide bonds. The van der Waals surface area contributed by atoms with Crippen LogP contribution in [0.1, 0.15) is 17.8 Å². The Hall–Kier alpha value is -0.980. The predicted octanol–water partition coefficient (Wildman–Crippen LogP) is -0.792. The SMILES string of the molecule is COCc1noc([C@@H](N)CO)n1. The third kappa shape index (κ3) is 2.00. The van der Waals surface area contributed by atoms with E-state index in [1.165, 1.54) is 7.11 Å². The Bertz CT molecular complexity index is 238. The second-order valence-corrected chi connectivity index (χ2v) is 2.27. The van der Waals surface area contributed by atoms with Gasteiger partial charge in [0.25, 0.3) is 0 Å². The molecule has 0 aliphatic heterocycles. The van der Waals surface area contributed by atoms with E-state index in [9.17, 15) is 0 Å². The van der Waals surface area contributed by atoms with Crippen LogP contribution >= 0.6 is 0 Å². The van der Waals surface area contributed by atoms with Crippen LogP contribution in [0.15, 0.2) is 4.52 Å². The van der Waals surface area contributed by atoms with Crippen LogP contribution in [0.25, 0.3) is 0 Å². The summed E-state index contributed by atoms with van der Waals surface area (Å²) in [5.74, 6) is 0.654. The van der Waals surface area contributed by atoms with Crippen LogP contribution in [-0.2, 0) is 11.3 Å². The zero-order chi connectivity index (χ0) is 8.97. The van der Waals surface area contributed by atoms with Gasteiger partial charge in [-0.15, -0.1) is 0 Å². The highest BCUT2D eigenvalue weighted by atomic mass is 16.5. The molecular formula is C6H11N3O3. The fraction of sp³-hybridized carbons (Fsp3) is 0.667. The molecule has 0 saturated heterocycles. The minimum atomic E-state index is -0.608. The minimum absolute atomic E-state index is 0.214. The summed E-state index contributed by atoms with van der Waals surface area (Å²) in [7, 11) is 1.53. The van der Waals surface area contributed by atoms with Gasteiger partial charge in [0.05, 0.1) is 6.61 Å². The van der Waals surface area contributed by atoms with Gasteiger partial charge in [-0.2, -0.15) is 4.98 Å². The van der Waals surface area contributed by atoms with E-state index < -0.39 is 6.04 Å². The number of nitrogens with zero attached hydrogens (tertiary/aromatic N) is 2. The molecule has 0 aliphatic rings. The lowest BCUT2D eigenvalue weighted by Crippen LogP contribution is -2.14. The third-order valence-corrected chi connectivity index (χ3v) is 1.27. The van der Waals surface area contributed by atoms with E-state index in [0.29, 0.717) is 5.82 Å². The van der Waals surface area contributed by atoms with Gasteiger partial charge in [-0.05, 0) is 0 Å². The Kier molecular flexibility index (Phi) is 3.15. The Balaban J connectivity index is 2.63. The first-order valence-corrected chi connectivity index (χ1v) is 3.45. The molecule has 0 bridgehead atoms. The fourth-order valence-corrected chi connectivity index (χ4v) is 0.684. The van der Waals surface area contributed by atoms with Crippen LogP contribution in [0.2, 0.25) is 0 Å². The van der Waals surface area contributed by atoms with Gasteiger partial charge >= 0.3 is 0 Å². The number of nitrogens with two attached hydrogens (primary N) is 1. The van der Waals surface area contributed by atoms with Crippen LogP contribution in [0.5, 0.6) is 0 Å². The molecule has 6 heteroatoms. The monoisotopic (exact) mass is 173 g/mol. The van der Waals surface area contributed by atoms with Crippen LogP contribution in [0.4, 0.5) is 0 Å². The van der Waals surface area contributed by atoms with Gasteiger partial charge in [0.15, 0.2) is 5.82 Å². The van der Waals surface area contributed by atoms with Crippen molar-refractivity contribution < 1.29 is 14.4 Å². The molecule has 6 nitrogen and oxygen atoms in total. The topological polar surface area (TPSA) is 94.4 Å². The van der Waals surface area contributed by atoms with Crippen LogP contribution in [0, 0.1) is 0 Å². The number of aliphatic hydroxyl groups is 1. The number of aliphatic hydroxyl groups excluding tert-OH is 1. The average molecular weight is 173 g/mol. The second-order valence-electron chi connectivity index (χ2n) is 2.27. The van der Waals surface area contributed by atoms with Crippen molar-refractivity contribution in [1.82, 2.24) is 10.1 Å². The van der Waals surface area contributed by atoms with Crippen molar-refractivity contribution in [2.45, 2.75) is 12.6 Å². The van der Waals surface area contributed by atoms with E-state index in [1.807, 2.05) is 0 Å². The van der Waals surface area contributed by atoms with Gasteiger partial charge < -0.3 is 20.1 Å². The molecule has 1 atom stereocenters. The van der Waals surface area contributed by atoms with Gasteiger partial charge in [0.1, 0.15) is 12.6 Å². The summed E-state index contributed by atoms with van der Waals surface area (Å²) in [5, 5.41) is 12.2. The maximum atomic E-state index is 8.64. The Labute approximate surface area is 69.3 Å². The van der Waals surface area contributed by atoms with Gasteiger partial charge in [-0.3, -0.25) is 0 Å². The normalized spacial score (nSPS) is 13.2. The molecule has 0 radical (unpaired) electrons. The van der Waals surface area contributed by atoms with Crippen molar-refractivity contribution in [3.63, 3.8) is 0 Å². The van der Waals surface area contributed by atoms with Gasteiger partial charge in [0, 0.05) is 7.11 Å². The van der Waals surface area contributed by atoms with E-state index in [-0.39, 0.29) is 19.1 Å². The van der Waals surface area contributed by atoms with Gasteiger partial charge in [0.2, 0.25) is 5.89 Å². The largest absolute Gasteiger partial charge is 0.394 e. The summed E-state index contributed by atoms with van der Waals surface area (Å²) < 4.78 is 9.51. The Morgan fingerprint density at radius 3 is 3.08 bits per heavy atom. The first-order valence-electron chi connectivity index (χ1n) is 3.45. The maximum Gasteiger partial charge on any atom is 0.246 e. The molecule has 12 heavy (non-hydrogen) atoms. The molecule has 0 unspecified atom stereocenters. The highest BCUT2D eigenvalue weighted by Crippen LogP contribution is 2.06. The zero-order valence-corrected chi connectivity index (χ0v) is 6.73. The molecule has 3 N–H and O–H groups in total. The standard InChI is InChI=1S/C6H11N3O3/c1-11-3-5-8-6(12-9-5)4(7)2-10/h4,10H,2-3,7H2,1H3/t4-/m0/s1. The van der Waals surface area contributed by atoms with Crippen LogP contribution < -0.4 is 5.73 Å². The molecule has 0 saturated carbocycles. The molecule has 68 valence electrons. The maximum absolute atomic E-state index is 8.64. The number of rotatable bonds is 4. The number of hydrogen-bond donors (Lipinski definition) is 2. The Morgan fingerprint density at radius 1 is 1.75 bits per heavy atom.